The minimum atomic E-state index is -1.14. The Morgan fingerprint density at radius 2 is 1.77 bits per heavy atom. The Morgan fingerprint density at radius 1 is 1.10 bits per heavy atom. The van der Waals surface area contributed by atoms with Crippen LogP contribution < -0.4 is 10.1 Å². The van der Waals surface area contributed by atoms with Crippen LogP contribution in [0.3, 0.4) is 0 Å². The largest absolute Gasteiger partial charge is 0.478 e. The second kappa shape index (κ2) is 9.92. The van der Waals surface area contributed by atoms with Crippen molar-refractivity contribution in [2.24, 2.45) is 0 Å². The Morgan fingerprint density at radius 3 is 2.39 bits per heavy atom. The lowest BCUT2D eigenvalue weighted by Crippen LogP contribution is -2.51. The van der Waals surface area contributed by atoms with Gasteiger partial charge in [-0.05, 0) is 81.3 Å². The molecule has 162 valence electrons. The fourth-order valence-corrected chi connectivity index (χ4v) is 3.46. The predicted octanol–water partition coefficient (Wildman–Crippen LogP) is 5.56. The van der Waals surface area contributed by atoms with Crippen LogP contribution in [0, 0.1) is 5.82 Å². The standard InChI is InChI=1S/C25H26ClFN2O2/c1-17(29-24(30)25(2,3)31-21-13-11-20(27)12-14-21)22(23-6-4-5-15-28-23)16-18-7-9-19(26)10-8-18/h4-15,17,22H,16H2,1-3H3,(H,29,30). The van der Waals surface area contributed by atoms with Gasteiger partial charge in [-0.3, -0.25) is 9.78 Å². The molecule has 0 fully saturated rings. The van der Waals surface area contributed by atoms with Gasteiger partial charge in [-0.25, -0.2) is 4.39 Å². The lowest BCUT2D eigenvalue weighted by Gasteiger charge is -2.30. The summed E-state index contributed by atoms with van der Waals surface area (Å²) in [7, 11) is 0. The van der Waals surface area contributed by atoms with E-state index in [-0.39, 0.29) is 23.7 Å². The summed E-state index contributed by atoms with van der Waals surface area (Å²) < 4.78 is 19.0. The molecule has 0 radical (unpaired) electrons. The molecular formula is C25H26ClFN2O2. The second-order valence-electron chi connectivity index (χ2n) is 8.02. The third-order valence-corrected chi connectivity index (χ3v) is 5.38. The summed E-state index contributed by atoms with van der Waals surface area (Å²) in [5.74, 6) is -0.241. The number of pyridine rings is 1. The van der Waals surface area contributed by atoms with Crippen molar-refractivity contribution in [3.05, 3.63) is 95.0 Å². The zero-order valence-corrected chi connectivity index (χ0v) is 18.6. The van der Waals surface area contributed by atoms with Crippen molar-refractivity contribution in [2.45, 2.75) is 44.8 Å². The Kier molecular flexibility index (Phi) is 7.29. The normalized spacial score (nSPS) is 13.3. The Labute approximate surface area is 187 Å². The van der Waals surface area contributed by atoms with E-state index in [0.717, 1.165) is 11.3 Å². The Hall–Kier alpha value is -2.92. The number of carbonyl (C=O) groups is 1. The molecule has 2 unspecified atom stereocenters. The molecule has 0 aliphatic carbocycles. The highest BCUT2D eigenvalue weighted by Crippen LogP contribution is 2.25. The first-order valence-corrected chi connectivity index (χ1v) is 10.5. The number of hydrogen-bond acceptors (Lipinski definition) is 3. The monoisotopic (exact) mass is 440 g/mol. The zero-order chi connectivity index (χ0) is 22.4. The smallest absolute Gasteiger partial charge is 0.263 e. The molecule has 1 aromatic heterocycles. The van der Waals surface area contributed by atoms with Gasteiger partial charge in [-0.1, -0.05) is 29.8 Å². The van der Waals surface area contributed by atoms with Gasteiger partial charge < -0.3 is 10.1 Å². The van der Waals surface area contributed by atoms with Gasteiger partial charge in [0.15, 0.2) is 5.60 Å². The van der Waals surface area contributed by atoms with Crippen LogP contribution in [0.2, 0.25) is 5.02 Å². The highest BCUT2D eigenvalue weighted by molar-refractivity contribution is 6.30. The van der Waals surface area contributed by atoms with Crippen LogP contribution in [0.15, 0.2) is 72.9 Å². The summed E-state index contributed by atoms with van der Waals surface area (Å²) in [6, 6.07) is 18.8. The number of carbonyl (C=O) groups excluding carboxylic acids is 1. The number of hydrogen-bond donors (Lipinski definition) is 1. The summed E-state index contributed by atoms with van der Waals surface area (Å²) >= 11 is 6.02. The van der Waals surface area contributed by atoms with Crippen molar-refractivity contribution in [2.75, 3.05) is 0 Å². The van der Waals surface area contributed by atoms with E-state index in [1.54, 1.807) is 20.0 Å². The minimum absolute atomic E-state index is 0.0482. The highest BCUT2D eigenvalue weighted by Gasteiger charge is 2.33. The van der Waals surface area contributed by atoms with E-state index in [1.165, 1.54) is 24.3 Å². The van der Waals surface area contributed by atoms with Crippen LogP contribution in [0.4, 0.5) is 4.39 Å². The topological polar surface area (TPSA) is 51.2 Å². The number of aromatic nitrogens is 1. The number of halogens is 2. The van der Waals surface area contributed by atoms with Gasteiger partial charge in [0.05, 0.1) is 0 Å². The Bertz CT molecular complexity index is 992. The van der Waals surface area contributed by atoms with E-state index in [0.29, 0.717) is 17.2 Å². The van der Waals surface area contributed by atoms with Crippen molar-refractivity contribution in [3.8, 4) is 5.75 Å². The SMILES string of the molecule is CC(NC(=O)C(C)(C)Oc1ccc(F)cc1)C(Cc1ccc(Cl)cc1)c1ccccn1. The fourth-order valence-electron chi connectivity index (χ4n) is 3.33. The molecule has 31 heavy (non-hydrogen) atoms. The molecule has 2 atom stereocenters. The highest BCUT2D eigenvalue weighted by atomic mass is 35.5. The van der Waals surface area contributed by atoms with Gasteiger partial charge in [0.25, 0.3) is 5.91 Å². The average Bonchev–Trinajstić information content (AvgIpc) is 2.75. The van der Waals surface area contributed by atoms with Gasteiger partial charge in [0.1, 0.15) is 11.6 Å². The van der Waals surface area contributed by atoms with Gasteiger partial charge >= 0.3 is 0 Å². The first kappa shape index (κ1) is 22.8. The average molecular weight is 441 g/mol. The molecule has 6 heteroatoms. The first-order chi connectivity index (χ1) is 14.7. The van der Waals surface area contributed by atoms with E-state index in [4.69, 9.17) is 16.3 Å². The van der Waals surface area contributed by atoms with Crippen LogP contribution in [0.1, 0.15) is 37.9 Å². The number of nitrogens with zero attached hydrogens (tertiary/aromatic N) is 1. The van der Waals surface area contributed by atoms with Crippen LogP contribution >= 0.6 is 11.6 Å². The van der Waals surface area contributed by atoms with Crippen LogP contribution in [-0.2, 0) is 11.2 Å². The number of amides is 1. The third-order valence-electron chi connectivity index (χ3n) is 5.13. The molecule has 0 spiro atoms. The molecule has 1 N–H and O–H groups in total. The maximum atomic E-state index is 13.2. The predicted molar refractivity (Wildman–Crippen MR) is 121 cm³/mol. The van der Waals surface area contributed by atoms with E-state index in [1.807, 2.05) is 49.4 Å². The van der Waals surface area contributed by atoms with Crippen LogP contribution in [-0.4, -0.2) is 22.5 Å². The van der Waals surface area contributed by atoms with E-state index >= 15 is 0 Å². The summed E-state index contributed by atoms with van der Waals surface area (Å²) in [5, 5.41) is 3.76. The molecule has 2 aromatic carbocycles. The maximum Gasteiger partial charge on any atom is 0.263 e. The summed E-state index contributed by atoms with van der Waals surface area (Å²) in [4.78, 5) is 17.5. The molecule has 0 bridgehead atoms. The van der Waals surface area contributed by atoms with Crippen molar-refractivity contribution < 1.29 is 13.9 Å². The van der Waals surface area contributed by atoms with E-state index in [9.17, 15) is 9.18 Å². The molecule has 3 aromatic rings. The van der Waals surface area contributed by atoms with Crippen LogP contribution in [0.5, 0.6) is 5.75 Å². The van der Waals surface area contributed by atoms with Crippen molar-refractivity contribution in [1.82, 2.24) is 10.3 Å². The first-order valence-electron chi connectivity index (χ1n) is 10.2. The summed E-state index contributed by atoms with van der Waals surface area (Å²) in [6.07, 6.45) is 2.44. The minimum Gasteiger partial charge on any atom is -0.478 e. The molecule has 0 aliphatic heterocycles. The molecular weight excluding hydrogens is 415 g/mol. The van der Waals surface area contributed by atoms with Gasteiger partial charge in [0.2, 0.25) is 0 Å². The molecule has 0 saturated carbocycles. The molecule has 4 nitrogen and oxygen atoms in total. The van der Waals surface area contributed by atoms with Gasteiger partial charge in [-0.15, -0.1) is 0 Å². The van der Waals surface area contributed by atoms with E-state index < -0.39 is 5.60 Å². The molecule has 1 amide bonds. The van der Waals surface area contributed by atoms with E-state index in [2.05, 4.69) is 10.3 Å². The van der Waals surface area contributed by atoms with Crippen molar-refractivity contribution >= 4 is 17.5 Å². The zero-order valence-electron chi connectivity index (χ0n) is 17.8. The molecule has 0 saturated heterocycles. The summed E-state index contributed by atoms with van der Waals surface area (Å²) in [6.45, 7) is 5.34. The number of ether oxygens (including phenoxy) is 1. The van der Waals surface area contributed by atoms with Crippen molar-refractivity contribution in [3.63, 3.8) is 0 Å². The second-order valence-corrected chi connectivity index (χ2v) is 8.46. The van der Waals surface area contributed by atoms with Crippen LogP contribution in [0.25, 0.3) is 0 Å². The van der Waals surface area contributed by atoms with Gasteiger partial charge in [-0.2, -0.15) is 0 Å². The van der Waals surface area contributed by atoms with Crippen molar-refractivity contribution in [1.29, 1.82) is 0 Å². The molecule has 0 aliphatic rings. The number of benzene rings is 2. The maximum absolute atomic E-state index is 13.2. The van der Waals surface area contributed by atoms with Gasteiger partial charge in [0, 0.05) is 28.9 Å². The fraction of sp³-hybridized carbons (Fsp3) is 0.280. The number of nitrogens with one attached hydrogen (secondary N) is 1. The number of rotatable bonds is 8. The summed E-state index contributed by atoms with van der Waals surface area (Å²) in [5.41, 5.74) is 0.853. The lowest BCUT2D eigenvalue weighted by molar-refractivity contribution is -0.135. The Balaban J connectivity index is 1.75. The lowest BCUT2D eigenvalue weighted by atomic mass is 9.89. The molecule has 1 heterocycles. The quantitative estimate of drug-likeness (QED) is 0.498. The molecule has 3 rings (SSSR count). The third kappa shape index (κ3) is 6.28.